The number of ketones is 1. The van der Waals surface area contributed by atoms with Gasteiger partial charge >= 0.3 is 0 Å². The van der Waals surface area contributed by atoms with Crippen molar-refractivity contribution < 1.29 is 13.2 Å². The smallest absolute Gasteiger partial charge is 0.260 e. The summed E-state index contributed by atoms with van der Waals surface area (Å²) in [4.78, 5) is 15.3. The summed E-state index contributed by atoms with van der Waals surface area (Å²) in [6.07, 6.45) is 4.52. The maximum Gasteiger partial charge on any atom is 0.260 e. The van der Waals surface area contributed by atoms with Crippen molar-refractivity contribution in [3.05, 3.63) is 23.9 Å². The summed E-state index contributed by atoms with van der Waals surface area (Å²) in [6, 6.07) is 3.35. The van der Waals surface area contributed by atoms with Gasteiger partial charge in [-0.1, -0.05) is 6.07 Å². The zero-order valence-electron chi connectivity index (χ0n) is 11.2. The van der Waals surface area contributed by atoms with Gasteiger partial charge < -0.3 is 0 Å². The number of carbonyl (C=O) groups excluding carboxylic acids is 1. The number of sulfonamides is 1. The number of rotatable bonds is 3. The van der Waals surface area contributed by atoms with E-state index in [2.05, 4.69) is 4.98 Å². The zero-order valence-corrected chi connectivity index (χ0v) is 12.0. The predicted molar refractivity (Wildman–Crippen MR) is 71.3 cm³/mol. The highest BCUT2D eigenvalue weighted by Gasteiger charge is 2.22. The van der Waals surface area contributed by atoms with E-state index >= 15 is 0 Å². The first-order valence-corrected chi connectivity index (χ1v) is 7.75. The molecule has 1 fully saturated rings. The van der Waals surface area contributed by atoms with Crippen LogP contribution >= 0.6 is 0 Å². The molecule has 0 bridgehead atoms. The third-order valence-corrected chi connectivity index (χ3v) is 5.25. The monoisotopic (exact) mass is 282 g/mol. The first kappa shape index (κ1) is 14.1. The lowest BCUT2D eigenvalue weighted by Gasteiger charge is -2.21. The minimum Gasteiger partial charge on any atom is -0.300 e. The van der Waals surface area contributed by atoms with Crippen LogP contribution in [-0.2, 0) is 14.8 Å². The lowest BCUT2D eigenvalue weighted by atomic mass is 9.84. The Morgan fingerprint density at radius 3 is 2.32 bits per heavy atom. The van der Waals surface area contributed by atoms with Crippen molar-refractivity contribution in [3.63, 3.8) is 0 Å². The number of pyridine rings is 1. The SMILES string of the molecule is CN(C)S(=O)(=O)c1ccc(C2CCC(=O)CC2)cn1. The Morgan fingerprint density at radius 2 is 1.84 bits per heavy atom. The molecule has 0 saturated heterocycles. The van der Waals surface area contributed by atoms with E-state index in [-0.39, 0.29) is 5.03 Å². The first-order valence-electron chi connectivity index (χ1n) is 6.31. The quantitative estimate of drug-likeness (QED) is 0.843. The summed E-state index contributed by atoms with van der Waals surface area (Å²) in [6.45, 7) is 0. The van der Waals surface area contributed by atoms with Crippen LogP contribution in [0.25, 0.3) is 0 Å². The Morgan fingerprint density at radius 1 is 1.21 bits per heavy atom. The van der Waals surface area contributed by atoms with E-state index in [1.807, 2.05) is 6.07 Å². The molecule has 0 spiro atoms. The average molecular weight is 282 g/mol. The number of hydrogen-bond donors (Lipinski definition) is 0. The normalized spacial score (nSPS) is 17.9. The summed E-state index contributed by atoms with van der Waals surface area (Å²) >= 11 is 0. The van der Waals surface area contributed by atoms with Crippen LogP contribution in [-0.4, -0.2) is 37.6 Å². The van der Waals surface area contributed by atoms with E-state index in [0.29, 0.717) is 24.5 Å². The highest BCUT2D eigenvalue weighted by atomic mass is 32.2. The predicted octanol–water partition coefficient (Wildman–Crippen LogP) is 1.56. The zero-order chi connectivity index (χ0) is 14.0. The summed E-state index contributed by atoms with van der Waals surface area (Å²) in [7, 11) is -0.497. The molecule has 0 radical (unpaired) electrons. The van der Waals surface area contributed by atoms with Crippen LogP contribution in [0.15, 0.2) is 23.4 Å². The topological polar surface area (TPSA) is 67.3 Å². The van der Waals surface area contributed by atoms with Gasteiger partial charge in [-0.3, -0.25) is 4.79 Å². The summed E-state index contributed by atoms with van der Waals surface area (Å²) in [5, 5.41) is 0.0631. The van der Waals surface area contributed by atoms with Crippen molar-refractivity contribution in [1.82, 2.24) is 9.29 Å². The second-order valence-corrected chi connectivity index (χ2v) is 7.13. The van der Waals surface area contributed by atoms with Gasteiger partial charge in [-0.15, -0.1) is 0 Å². The molecule has 0 amide bonds. The van der Waals surface area contributed by atoms with Crippen LogP contribution in [0.2, 0.25) is 0 Å². The van der Waals surface area contributed by atoms with Gasteiger partial charge in [0, 0.05) is 33.1 Å². The third-order valence-electron chi connectivity index (χ3n) is 3.52. The van der Waals surface area contributed by atoms with Gasteiger partial charge in [0.1, 0.15) is 5.78 Å². The van der Waals surface area contributed by atoms with E-state index in [9.17, 15) is 13.2 Å². The van der Waals surface area contributed by atoms with E-state index in [4.69, 9.17) is 0 Å². The Hall–Kier alpha value is -1.27. The molecule has 5 nitrogen and oxygen atoms in total. The molecule has 0 unspecified atom stereocenters. The molecular formula is C13H18N2O3S. The Bertz CT molecular complexity index is 554. The number of nitrogens with zero attached hydrogens (tertiary/aromatic N) is 2. The third kappa shape index (κ3) is 3.01. The lowest BCUT2D eigenvalue weighted by molar-refractivity contribution is -0.120. The molecule has 1 saturated carbocycles. The fraction of sp³-hybridized carbons (Fsp3) is 0.538. The molecule has 2 rings (SSSR count). The van der Waals surface area contributed by atoms with Gasteiger partial charge in [0.15, 0.2) is 5.03 Å². The van der Waals surface area contributed by atoms with E-state index in [0.717, 1.165) is 22.7 Å². The molecule has 104 valence electrons. The van der Waals surface area contributed by atoms with Gasteiger partial charge in [-0.25, -0.2) is 17.7 Å². The summed E-state index contributed by atoms with van der Waals surface area (Å²) in [5.74, 6) is 0.636. The number of Topliss-reactive ketones (excluding diaryl/α,β-unsaturated/α-hetero) is 1. The van der Waals surface area contributed by atoms with Gasteiger partial charge in [0.2, 0.25) is 0 Å². The van der Waals surface area contributed by atoms with Crippen LogP contribution in [0.5, 0.6) is 0 Å². The van der Waals surface area contributed by atoms with Crippen molar-refractivity contribution in [2.24, 2.45) is 0 Å². The second-order valence-electron chi connectivity index (χ2n) is 5.03. The molecule has 0 N–H and O–H groups in total. The highest BCUT2D eigenvalue weighted by Crippen LogP contribution is 2.31. The van der Waals surface area contributed by atoms with E-state index in [1.54, 1.807) is 12.3 Å². The van der Waals surface area contributed by atoms with Crippen molar-refractivity contribution in [3.8, 4) is 0 Å². The maximum atomic E-state index is 11.9. The van der Waals surface area contributed by atoms with Gasteiger partial charge in [0.05, 0.1) is 0 Å². The minimum atomic E-state index is -3.47. The van der Waals surface area contributed by atoms with Crippen molar-refractivity contribution in [2.45, 2.75) is 36.6 Å². The Balaban J connectivity index is 2.17. The van der Waals surface area contributed by atoms with Crippen LogP contribution in [0.4, 0.5) is 0 Å². The molecule has 1 aromatic heterocycles. The average Bonchev–Trinajstić information content (AvgIpc) is 2.39. The molecule has 1 heterocycles. The molecular weight excluding hydrogens is 264 g/mol. The molecule has 0 aromatic carbocycles. The van der Waals surface area contributed by atoms with Crippen LogP contribution in [0.1, 0.15) is 37.2 Å². The second kappa shape index (κ2) is 5.38. The largest absolute Gasteiger partial charge is 0.300 e. The minimum absolute atomic E-state index is 0.0631. The molecule has 0 aliphatic heterocycles. The van der Waals surface area contributed by atoms with Gasteiger partial charge in [-0.05, 0) is 30.4 Å². The molecule has 1 aliphatic carbocycles. The lowest BCUT2D eigenvalue weighted by Crippen LogP contribution is -2.23. The maximum absolute atomic E-state index is 11.9. The molecule has 6 heteroatoms. The van der Waals surface area contributed by atoms with Crippen LogP contribution < -0.4 is 0 Å². The molecule has 1 aliphatic rings. The number of carbonyl (C=O) groups is 1. The van der Waals surface area contributed by atoms with Crippen LogP contribution in [0, 0.1) is 0 Å². The molecule has 19 heavy (non-hydrogen) atoms. The van der Waals surface area contributed by atoms with E-state index < -0.39 is 10.0 Å². The highest BCUT2D eigenvalue weighted by molar-refractivity contribution is 7.89. The fourth-order valence-electron chi connectivity index (χ4n) is 2.25. The number of aromatic nitrogens is 1. The molecule has 0 atom stereocenters. The molecule has 1 aromatic rings. The summed E-state index contributed by atoms with van der Waals surface area (Å²) in [5.41, 5.74) is 1.02. The first-order chi connectivity index (χ1) is 8.91. The van der Waals surface area contributed by atoms with Crippen molar-refractivity contribution in [1.29, 1.82) is 0 Å². The van der Waals surface area contributed by atoms with Crippen molar-refractivity contribution in [2.75, 3.05) is 14.1 Å². The van der Waals surface area contributed by atoms with E-state index in [1.165, 1.54) is 14.1 Å². The summed E-state index contributed by atoms with van der Waals surface area (Å²) < 4.78 is 24.9. The fourth-order valence-corrected chi connectivity index (χ4v) is 3.05. The van der Waals surface area contributed by atoms with Gasteiger partial charge in [0.25, 0.3) is 10.0 Å². The standard InChI is InChI=1S/C13H18N2O3S/c1-15(2)19(17,18)13-8-5-11(9-14-13)10-3-6-12(16)7-4-10/h5,8-10H,3-4,6-7H2,1-2H3. The Kier molecular flexibility index (Phi) is 4.01. The Labute approximate surface area is 113 Å². The number of hydrogen-bond acceptors (Lipinski definition) is 4. The van der Waals surface area contributed by atoms with Gasteiger partial charge in [-0.2, -0.15) is 0 Å². The van der Waals surface area contributed by atoms with Crippen molar-refractivity contribution >= 4 is 15.8 Å². The van der Waals surface area contributed by atoms with Crippen LogP contribution in [0.3, 0.4) is 0 Å².